The molecule has 0 radical (unpaired) electrons. The second kappa shape index (κ2) is 5.14. The Morgan fingerprint density at radius 3 is 2.40 bits per heavy atom. The van der Waals surface area contributed by atoms with Crippen molar-refractivity contribution in [1.29, 1.82) is 0 Å². The highest BCUT2D eigenvalue weighted by molar-refractivity contribution is 5.97. The molecule has 1 aromatic rings. The lowest BCUT2D eigenvalue weighted by Crippen LogP contribution is -2.13. The molecule has 0 unspecified atom stereocenters. The molecule has 4 heteroatoms. The van der Waals surface area contributed by atoms with Gasteiger partial charge in [-0.2, -0.15) is 0 Å². The maximum absolute atomic E-state index is 11.4. The van der Waals surface area contributed by atoms with Crippen LogP contribution in [-0.4, -0.2) is 23.5 Å². The van der Waals surface area contributed by atoms with Gasteiger partial charge in [0.15, 0.2) is 12.4 Å². The molecule has 1 rings (SSSR count). The summed E-state index contributed by atoms with van der Waals surface area (Å²) in [5.41, 5.74) is 0.414. The SMILES string of the molecule is CCC(=O)OCC(=O)c1ccc(O)cc1. The molecule has 0 aliphatic rings. The lowest BCUT2D eigenvalue weighted by molar-refractivity contribution is -0.142. The molecule has 0 heterocycles. The van der Waals surface area contributed by atoms with E-state index in [-0.39, 0.29) is 24.6 Å². The minimum atomic E-state index is -0.401. The van der Waals surface area contributed by atoms with Gasteiger partial charge in [-0.05, 0) is 24.3 Å². The van der Waals surface area contributed by atoms with Gasteiger partial charge in [-0.25, -0.2) is 0 Å². The van der Waals surface area contributed by atoms with Crippen LogP contribution in [0.5, 0.6) is 5.75 Å². The van der Waals surface area contributed by atoms with Gasteiger partial charge < -0.3 is 9.84 Å². The van der Waals surface area contributed by atoms with Crippen molar-refractivity contribution in [3.8, 4) is 5.75 Å². The molecule has 4 nitrogen and oxygen atoms in total. The standard InChI is InChI=1S/C11H12O4/c1-2-11(14)15-7-10(13)8-3-5-9(12)6-4-8/h3-6,12H,2,7H2,1H3. The molecular formula is C11H12O4. The van der Waals surface area contributed by atoms with Gasteiger partial charge >= 0.3 is 5.97 Å². The zero-order chi connectivity index (χ0) is 11.3. The third-order valence-corrected chi connectivity index (χ3v) is 1.84. The van der Waals surface area contributed by atoms with Crippen molar-refractivity contribution < 1.29 is 19.4 Å². The Bertz CT molecular complexity index is 353. The maximum atomic E-state index is 11.4. The molecule has 0 atom stereocenters. The molecule has 80 valence electrons. The summed E-state index contributed by atoms with van der Waals surface area (Å²) < 4.78 is 4.69. The molecule has 15 heavy (non-hydrogen) atoms. The van der Waals surface area contributed by atoms with Gasteiger partial charge in [0.2, 0.25) is 0 Å². The first kappa shape index (κ1) is 11.2. The van der Waals surface area contributed by atoms with E-state index >= 15 is 0 Å². The molecule has 0 aromatic heterocycles. The molecule has 0 fully saturated rings. The number of ether oxygens (including phenoxy) is 1. The number of hydrogen-bond acceptors (Lipinski definition) is 4. The summed E-state index contributed by atoms with van der Waals surface area (Å²) in [5.74, 6) is -0.587. The largest absolute Gasteiger partial charge is 0.508 e. The molecule has 0 aliphatic carbocycles. The van der Waals surface area contributed by atoms with E-state index in [2.05, 4.69) is 4.74 Å². The lowest BCUT2D eigenvalue weighted by Gasteiger charge is -2.02. The monoisotopic (exact) mass is 208 g/mol. The van der Waals surface area contributed by atoms with Crippen LogP contribution < -0.4 is 0 Å². The number of carbonyl (C=O) groups excluding carboxylic acids is 2. The summed E-state index contributed by atoms with van der Waals surface area (Å²) in [6.07, 6.45) is 0.253. The second-order valence-corrected chi connectivity index (χ2v) is 2.98. The number of phenolic OH excluding ortho intramolecular Hbond substituents is 1. The predicted octanol–water partition coefficient (Wildman–Crippen LogP) is 1.53. The smallest absolute Gasteiger partial charge is 0.305 e. The summed E-state index contributed by atoms with van der Waals surface area (Å²) in [4.78, 5) is 22.2. The lowest BCUT2D eigenvalue weighted by atomic mass is 10.1. The van der Waals surface area contributed by atoms with Gasteiger partial charge in [0.05, 0.1) is 0 Å². The summed E-state index contributed by atoms with van der Waals surface area (Å²) in [6, 6.07) is 5.79. The number of Topliss-reactive ketones (excluding diaryl/α,β-unsaturated/α-hetero) is 1. The number of esters is 1. The topological polar surface area (TPSA) is 63.6 Å². The Balaban J connectivity index is 2.54. The van der Waals surface area contributed by atoms with E-state index in [1.54, 1.807) is 6.92 Å². The average molecular weight is 208 g/mol. The van der Waals surface area contributed by atoms with Crippen LogP contribution in [-0.2, 0) is 9.53 Å². The highest BCUT2D eigenvalue weighted by atomic mass is 16.5. The number of aromatic hydroxyl groups is 1. The van der Waals surface area contributed by atoms with Crippen molar-refractivity contribution in [1.82, 2.24) is 0 Å². The van der Waals surface area contributed by atoms with Crippen molar-refractivity contribution in [2.45, 2.75) is 13.3 Å². The molecule has 0 saturated carbocycles. The number of phenols is 1. The number of rotatable bonds is 4. The first-order chi connectivity index (χ1) is 7.13. The van der Waals surface area contributed by atoms with Crippen LogP contribution in [0.3, 0.4) is 0 Å². The van der Waals surface area contributed by atoms with Gasteiger partial charge in [-0.3, -0.25) is 9.59 Å². The second-order valence-electron chi connectivity index (χ2n) is 2.98. The zero-order valence-electron chi connectivity index (χ0n) is 8.40. The van der Waals surface area contributed by atoms with E-state index in [1.165, 1.54) is 24.3 Å². The molecule has 0 spiro atoms. The van der Waals surface area contributed by atoms with Gasteiger partial charge in [-0.15, -0.1) is 0 Å². The molecule has 0 bridgehead atoms. The predicted molar refractivity (Wildman–Crippen MR) is 53.7 cm³/mol. The fraction of sp³-hybridized carbons (Fsp3) is 0.273. The van der Waals surface area contributed by atoms with Crippen LogP contribution in [0, 0.1) is 0 Å². The summed E-state index contributed by atoms with van der Waals surface area (Å²) >= 11 is 0. The highest BCUT2D eigenvalue weighted by Crippen LogP contribution is 2.10. The van der Waals surface area contributed by atoms with Crippen molar-refractivity contribution in [3.05, 3.63) is 29.8 Å². The van der Waals surface area contributed by atoms with Gasteiger partial charge in [0.1, 0.15) is 5.75 Å². The van der Waals surface area contributed by atoms with Crippen LogP contribution in [0.4, 0.5) is 0 Å². The Morgan fingerprint density at radius 1 is 1.27 bits per heavy atom. The van der Waals surface area contributed by atoms with Crippen LogP contribution in [0.1, 0.15) is 23.7 Å². The third-order valence-electron chi connectivity index (χ3n) is 1.84. The Hall–Kier alpha value is -1.84. The fourth-order valence-electron chi connectivity index (χ4n) is 0.979. The normalized spacial score (nSPS) is 9.67. The van der Waals surface area contributed by atoms with Crippen molar-refractivity contribution in [3.63, 3.8) is 0 Å². The zero-order valence-corrected chi connectivity index (χ0v) is 8.40. The first-order valence-electron chi connectivity index (χ1n) is 4.61. The van der Waals surface area contributed by atoms with Gasteiger partial charge in [-0.1, -0.05) is 6.92 Å². The summed E-state index contributed by atoms with van der Waals surface area (Å²) in [7, 11) is 0. The molecule has 0 aliphatic heterocycles. The summed E-state index contributed by atoms with van der Waals surface area (Å²) in [6.45, 7) is 1.41. The maximum Gasteiger partial charge on any atom is 0.305 e. The van der Waals surface area contributed by atoms with Crippen molar-refractivity contribution in [2.24, 2.45) is 0 Å². The van der Waals surface area contributed by atoms with Crippen LogP contribution in [0.2, 0.25) is 0 Å². The molecule has 0 saturated heterocycles. The third kappa shape index (κ3) is 3.42. The van der Waals surface area contributed by atoms with Crippen molar-refractivity contribution in [2.75, 3.05) is 6.61 Å². The average Bonchev–Trinajstić information content (AvgIpc) is 2.26. The highest BCUT2D eigenvalue weighted by Gasteiger charge is 2.08. The Morgan fingerprint density at radius 2 is 1.87 bits per heavy atom. The van der Waals surface area contributed by atoms with Crippen LogP contribution in [0.15, 0.2) is 24.3 Å². The fourth-order valence-corrected chi connectivity index (χ4v) is 0.979. The van der Waals surface area contributed by atoms with Crippen LogP contribution in [0.25, 0.3) is 0 Å². The van der Waals surface area contributed by atoms with Gasteiger partial charge in [0.25, 0.3) is 0 Å². The quantitative estimate of drug-likeness (QED) is 0.602. The van der Waals surface area contributed by atoms with E-state index in [9.17, 15) is 9.59 Å². The number of ketones is 1. The molecule has 0 amide bonds. The molecule has 1 N–H and O–H groups in total. The van der Waals surface area contributed by atoms with E-state index in [4.69, 9.17) is 5.11 Å². The minimum absolute atomic E-state index is 0.0945. The van der Waals surface area contributed by atoms with Gasteiger partial charge in [0, 0.05) is 12.0 Å². The molecule has 1 aromatic carbocycles. The Labute approximate surface area is 87.5 Å². The Kier molecular flexibility index (Phi) is 3.85. The summed E-state index contributed by atoms with van der Waals surface area (Å²) in [5, 5.41) is 9.00. The van der Waals surface area contributed by atoms with Crippen molar-refractivity contribution >= 4 is 11.8 Å². The number of benzene rings is 1. The van der Waals surface area contributed by atoms with Crippen LogP contribution >= 0.6 is 0 Å². The first-order valence-corrected chi connectivity index (χ1v) is 4.61. The number of carbonyl (C=O) groups is 2. The van der Waals surface area contributed by atoms with E-state index in [0.29, 0.717) is 5.56 Å². The number of hydrogen-bond donors (Lipinski definition) is 1. The van der Waals surface area contributed by atoms with E-state index < -0.39 is 5.97 Å². The molecular weight excluding hydrogens is 196 g/mol. The minimum Gasteiger partial charge on any atom is -0.508 e. The van der Waals surface area contributed by atoms with E-state index in [1.807, 2.05) is 0 Å². The van der Waals surface area contributed by atoms with E-state index in [0.717, 1.165) is 0 Å².